The van der Waals surface area contributed by atoms with Gasteiger partial charge in [-0.15, -0.1) is 0 Å². The normalized spacial score (nSPS) is 10.8. The molecule has 5 heteroatoms. The van der Waals surface area contributed by atoms with Gasteiger partial charge in [-0.1, -0.05) is 22.0 Å². The van der Waals surface area contributed by atoms with Gasteiger partial charge in [-0.05, 0) is 55.3 Å². The fourth-order valence-electron chi connectivity index (χ4n) is 2.70. The molecule has 0 fully saturated rings. The highest BCUT2D eigenvalue weighted by molar-refractivity contribution is 9.10. The lowest BCUT2D eigenvalue weighted by atomic mass is 10.1. The molecule has 1 N–H and O–H groups in total. The van der Waals surface area contributed by atoms with Crippen molar-refractivity contribution < 1.29 is 9.59 Å². The lowest BCUT2D eigenvalue weighted by Gasteiger charge is -2.09. The van der Waals surface area contributed by atoms with Crippen LogP contribution in [0.5, 0.6) is 0 Å². The first-order valence-corrected chi connectivity index (χ1v) is 8.38. The van der Waals surface area contributed by atoms with E-state index >= 15 is 0 Å². The first-order chi connectivity index (χ1) is 11.5. The molecule has 0 atom stereocenters. The molecule has 1 heterocycles. The largest absolute Gasteiger partial charge is 0.337 e. The number of hydrogen-bond donors (Lipinski definition) is 1. The smallest absolute Gasteiger partial charge is 0.244 e. The van der Waals surface area contributed by atoms with Crippen molar-refractivity contribution >= 4 is 44.7 Å². The second kappa shape index (κ2) is 6.61. The van der Waals surface area contributed by atoms with Crippen LogP contribution in [0.1, 0.15) is 21.5 Å². The minimum absolute atomic E-state index is 0.129. The van der Waals surface area contributed by atoms with Crippen molar-refractivity contribution in [2.75, 3.05) is 5.32 Å². The van der Waals surface area contributed by atoms with Crippen LogP contribution in [0.2, 0.25) is 0 Å². The Hall–Kier alpha value is -2.40. The van der Waals surface area contributed by atoms with Crippen LogP contribution in [-0.2, 0) is 11.3 Å². The number of nitrogens with zero attached hydrogens (tertiary/aromatic N) is 1. The molecule has 0 aliphatic carbocycles. The molecule has 4 nitrogen and oxygen atoms in total. The van der Waals surface area contributed by atoms with Crippen molar-refractivity contribution in [1.82, 2.24) is 4.57 Å². The number of halogens is 1. The van der Waals surface area contributed by atoms with Crippen molar-refractivity contribution in [3.8, 4) is 0 Å². The number of amides is 1. The Kier molecular flexibility index (Phi) is 4.53. The molecule has 0 radical (unpaired) electrons. The molecular weight excluding hydrogens is 368 g/mol. The maximum absolute atomic E-state index is 12.4. The Labute approximate surface area is 148 Å². The van der Waals surface area contributed by atoms with E-state index in [2.05, 4.69) is 21.2 Å². The molecule has 1 aromatic heterocycles. The van der Waals surface area contributed by atoms with Gasteiger partial charge in [0, 0.05) is 32.8 Å². The summed E-state index contributed by atoms with van der Waals surface area (Å²) in [5, 5.41) is 3.74. The molecule has 122 valence electrons. The summed E-state index contributed by atoms with van der Waals surface area (Å²) in [6, 6.07) is 11.5. The number of aromatic nitrogens is 1. The van der Waals surface area contributed by atoms with Crippen molar-refractivity contribution in [1.29, 1.82) is 0 Å². The molecule has 0 spiro atoms. The van der Waals surface area contributed by atoms with Gasteiger partial charge in [0.2, 0.25) is 5.91 Å². The summed E-state index contributed by atoms with van der Waals surface area (Å²) in [5.74, 6) is -0.129. The van der Waals surface area contributed by atoms with Gasteiger partial charge < -0.3 is 9.88 Å². The topological polar surface area (TPSA) is 51.1 Å². The van der Waals surface area contributed by atoms with Crippen LogP contribution in [-0.4, -0.2) is 16.8 Å². The molecule has 3 rings (SSSR count). The van der Waals surface area contributed by atoms with Crippen LogP contribution in [0.15, 0.2) is 47.1 Å². The standard InChI is InChI=1S/C19H17BrN2O2/c1-12-3-5-16(7-13(12)2)21-19(24)10-22-9-14(11-23)17-8-15(20)4-6-18(17)22/h3-9,11H,10H2,1-2H3,(H,21,24). The van der Waals surface area contributed by atoms with Crippen LogP contribution in [0.25, 0.3) is 10.9 Å². The van der Waals surface area contributed by atoms with Crippen molar-refractivity contribution in [3.05, 3.63) is 63.8 Å². The highest BCUT2D eigenvalue weighted by Gasteiger charge is 2.11. The van der Waals surface area contributed by atoms with Crippen LogP contribution >= 0.6 is 15.9 Å². The number of aryl methyl sites for hydroxylation is 2. The summed E-state index contributed by atoms with van der Waals surface area (Å²) >= 11 is 3.41. The van der Waals surface area contributed by atoms with E-state index < -0.39 is 0 Å². The van der Waals surface area contributed by atoms with E-state index in [4.69, 9.17) is 0 Å². The Morgan fingerprint density at radius 3 is 2.67 bits per heavy atom. The number of fused-ring (bicyclic) bond motifs is 1. The molecule has 0 saturated heterocycles. The van der Waals surface area contributed by atoms with E-state index in [9.17, 15) is 9.59 Å². The SMILES string of the molecule is Cc1ccc(NC(=O)Cn2cc(C=O)c3cc(Br)ccc32)cc1C. The fourth-order valence-corrected chi connectivity index (χ4v) is 3.06. The number of benzene rings is 2. The number of nitrogens with one attached hydrogen (secondary N) is 1. The van der Waals surface area contributed by atoms with Crippen LogP contribution in [0.3, 0.4) is 0 Å². The zero-order chi connectivity index (χ0) is 17.3. The molecule has 0 bridgehead atoms. The van der Waals surface area contributed by atoms with Gasteiger partial charge in [0.05, 0.1) is 0 Å². The summed E-state index contributed by atoms with van der Waals surface area (Å²) in [6.07, 6.45) is 2.52. The molecular formula is C19H17BrN2O2. The van der Waals surface area contributed by atoms with Crippen LogP contribution < -0.4 is 5.32 Å². The predicted molar refractivity (Wildman–Crippen MR) is 99.6 cm³/mol. The van der Waals surface area contributed by atoms with E-state index in [-0.39, 0.29) is 12.5 Å². The van der Waals surface area contributed by atoms with Gasteiger partial charge in [0.15, 0.2) is 6.29 Å². The van der Waals surface area contributed by atoms with Gasteiger partial charge in [-0.25, -0.2) is 0 Å². The van der Waals surface area contributed by atoms with E-state index in [0.717, 1.165) is 32.9 Å². The Bertz CT molecular complexity index is 944. The average Bonchev–Trinajstić information content (AvgIpc) is 2.87. The first-order valence-electron chi connectivity index (χ1n) is 7.58. The van der Waals surface area contributed by atoms with Crippen LogP contribution in [0, 0.1) is 13.8 Å². The fraction of sp³-hybridized carbons (Fsp3) is 0.158. The van der Waals surface area contributed by atoms with E-state index in [1.807, 2.05) is 50.2 Å². The molecule has 24 heavy (non-hydrogen) atoms. The molecule has 3 aromatic rings. The monoisotopic (exact) mass is 384 g/mol. The lowest BCUT2D eigenvalue weighted by Crippen LogP contribution is -2.18. The van der Waals surface area contributed by atoms with Gasteiger partial charge in [-0.2, -0.15) is 0 Å². The number of carbonyl (C=O) groups excluding carboxylic acids is 2. The quantitative estimate of drug-likeness (QED) is 0.674. The van der Waals surface area contributed by atoms with Gasteiger partial charge >= 0.3 is 0 Å². The van der Waals surface area contributed by atoms with E-state index in [1.165, 1.54) is 5.56 Å². The van der Waals surface area contributed by atoms with Gasteiger partial charge in [0.1, 0.15) is 6.54 Å². The highest BCUT2D eigenvalue weighted by Crippen LogP contribution is 2.24. The third-order valence-corrected chi connectivity index (χ3v) is 4.60. The molecule has 1 amide bonds. The van der Waals surface area contributed by atoms with Gasteiger partial charge in [0.25, 0.3) is 0 Å². The molecule has 0 unspecified atom stereocenters. The summed E-state index contributed by atoms with van der Waals surface area (Å²) in [6.45, 7) is 4.20. The Morgan fingerprint density at radius 2 is 1.96 bits per heavy atom. The minimum Gasteiger partial charge on any atom is -0.337 e. The average molecular weight is 385 g/mol. The number of rotatable bonds is 4. The van der Waals surface area contributed by atoms with Crippen molar-refractivity contribution in [2.45, 2.75) is 20.4 Å². The first kappa shape index (κ1) is 16.5. The molecule has 0 saturated carbocycles. The number of aldehydes is 1. The second-order valence-corrected chi connectivity index (χ2v) is 6.75. The molecule has 0 aliphatic rings. The van der Waals surface area contributed by atoms with Crippen molar-refractivity contribution in [2.24, 2.45) is 0 Å². The number of anilines is 1. The summed E-state index contributed by atoms with van der Waals surface area (Å²) in [4.78, 5) is 23.6. The van der Waals surface area contributed by atoms with E-state index in [0.29, 0.717) is 5.56 Å². The summed E-state index contributed by atoms with van der Waals surface area (Å²) in [5.41, 5.74) is 4.52. The lowest BCUT2D eigenvalue weighted by molar-refractivity contribution is -0.116. The molecule has 2 aromatic carbocycles. The maximum Gasteiger partial charge on any atom is 0.244 e. The third kappa shape index (κ3) is 3.26. The third-order valence-electron chi connectivity index (χ3n) is 4.11. The Morgan fingerprint density at radius 1 is 1.17 bits per heavy atom. The number of hydrogen-bond acceptors (Lipinski definition) is 2. The van der Waals surface area contributed by atoms with Gasteiger partial charge in [-0.3, -0.25) is 9.59 Å². The summed E-state index contributed by atoms with van der Waals surface area (Å²) in [7, 11) is 0. The zero-order valence-electron chi connectivity index (χ0n) is 13.5. The summed E-state index contributed by atoms with van der Waals surface area (Å²) < 4.78 is 2.69. The van der Waals surface area contributed by atoms with E-state index in [1.54, 1.807) is 10.8 Å². The highest BCUT2D eigenvalue weighted by atomic mass is 79.9. The maximum atomic E-state index is 12.4. The van der Waals surface area contributed by atoms with Crippen LogP contribution in [0.4, 0.5) is 5.69 Å². The van der Waals surface area contributed by atoms with Crippen molar-refractivity contribution in [3.63, 3.8) is 0 Å². The second-order valence-electron chi connectivity index (χ2n) is 5.84. The Balaban J connectivity index is 1.85. The zero-order valence-corrected chi connectivity index (χ0v) is 15.1. The molecule has 0 aliphatic heterocycles. The minimum atomic E-state index is -0.129. The number of carbonyl (C=O) groups is 2. The predicted octanol–water partition coefficient (Wildman–Crippen LogP) is 4.47.